The fourth-order valence-corrected chi connectivity index (χ4v) is 2.86. The summed E-state index contributed by atoms with van der Waals surface area (Å²) in [5.74, 6) is 0. The molecule has 1 aliphatic heterocycles. The van der Waals surface area contributed by atoms with Gasteiger partial charge in [0.25, 0.3) is 0 Å². The van der Waals surface area contributed by atoms with Gasteiger partial charge in [-0.25, -0.2) is 0 Å². The molecule has 0 radical (unpaired) electrons. The Hall–Kier alpha value is -1.60. The minimum atomic E-state index is 1.06. The summed E-state index contributed by atoms with van der Waals surface area (Å²) < 4.78 is 0. The molecule has 0 amide bonds. The maximum Gasteiger partial charge on any atom is 0.0240 e. The lowest BCUT2D eigenvalue weighted by Gasteiger charge is -2.20. The predicted molar refractivity (Wildman–Crippen MR) is 80.1 cm³/mol. The molecule has 0 atom stereocenters. The number of nitrogens with zero attached hydrogens (tertiary/aromatic N) is 1. The lowest BCUT2D eigenvalue weighted by molar-refractivity contribution is 0.261. The van der Waals surface area contributed by atoms with Crippen LogP contribution in [0.25, 0.3) is 0 Å². The topological polar surface area (TPSA) is 3.24 Å². The van der Waals surface area contributed by atoms with E-state index in [-0.39, 0.29) is 0 Å². The van der Waals surface area contributed by atoms with Crippen molar-refractivity contribution in [2.24, 2.45) is 0 Å². The highest BCUT2D eigenvalue weighted by Gasteiger charge is 2.13. The average Bonchev–Trinajstić information content (AvgIpc) is 2.63. The van der Waals surface area contributed by atoms with Gasteiger partial charge in [-0.1, -0.05) is 54.1 Å². The number of rotatable bonds is 2. The van der Waals surface area contributed by atoms with E-state index in [1.165, 1.54) is 41.6 Å². The number of hydrogen-bond acceptors (Lipinski definition) is 1. The highest BCUT2D eigenvalue weighted by atomic mass is 15.1. The van der Waals surface area contributed by atoms with Gasteiger partial charge in [-0.2, -0.15) is 0 Å². The van der Waals surface area contributed by atoms with Crippen LogP contribution < -0.4 is 0 Å². The molecule has 1 heterocycles. The molecule has 0 bridgehead atoms. The van der Waals surface area contributed by atoms with Crippen LogP contribution in [-0.2, 0) is 19.5 Å². The summed E-state index contributed by atoms with van der Waals surface area (Å²) in [6.45, 7) is 5.49. The summed E-state index contributed by atoms with van der Waals surface area (Å²) in [6, 6.07) is 17.8. The zero-order valence-electron chi connectivity index (χ0n) is 11.6. The first-order valence-electron chi connectivity index (χ1n) is 7.16. The van der Waals surface area contributed by atoms with E-state index in [4.69, 9.17) is 0 Å². The van der Waals surface area contributed by atoms with Crippen LogP contribution in [0, 0.1) is 6.92 Å². The third kappa shape index (κ3) is 3.05. The first-order valence-corrected chi connectivity index (χ1v) is 7.16. The minimum Gasteiger partial charge on any atom is -0.295 e. The average molecular weight is 251 g/mol. The van der Waals surface area contributed by atoms with Gasteiger partial charge in [-0.05, 0) is 43.0 Å². The van der Waals surface area contributed by atoms with Gasteiger partial charge >= 0.3 is 0 Å². The highest BCUT2D eigenvalue weighted by molar-refractivity contribution is 5.28. The van der Waals surface area contributed by atoms with Crippen molar-refractivity contribution in [2.75, 3.05) is 6.54 Å². The number of fused-ring (bicyclic) bond motifs is 1. The van der Waals surface area contributed by atoms with Crippen molar-refractivity contribution in [2.45, 2.75) is 32.9 Å². The Morgan fingerprint density at radius 3 is 2.47 bits per heavy atom. The van der Waals surface area contributed by atoms with E-state index >= 15 is 0 Å². The molecule has 0 aliphatic carbocycles. The summed E-state index contributed by atoms with van der Waals surface area (Å²) >= 11 is 0. The lowest BCUT2D eigenvalue weighted by atomic mass is 10.0. The molecule has 2 aromatic rings. The molecule has 0 aromatic heterocycles. The Balaban J connectivity index is 1.74. The number of aryl methyl sites for hydroxylation is 2. The first-order chi connectivity index (χ1) is 9.31. The van der Waals surface area contributed by atoms with Crippen LogP contribution >= 0.6 is 0 Å². The second-order valence-electron chi connectivity index (χ2n) is 5.57. The van der Waals surface area contributed by atoms with Gasteiger partial charge < -0.3 is 0 Å². The van der Waals surface area contributed by atoms with E-state index in [9.17, 15) is 0 Å². The maximum absolute atomic E-state index is 2.57. The van der Waals surface area contributed by atoms with E-state index in [0.29, 0.717) is 0 Å². The van der Waals surface area contributed by atoms with Crippen molar-refractivity contribution in [3.05, 3.63) is 70.8 Å². The molecule has 0 N–H and O–H groups in total. The molecule has 0 saturated carbocycles. The molecule has 1 aliphatic rings. The van der Waals surface area contributed by atoms with Gasteiger partial charge in [0.15, 0.2) is 0 Å². The van der Waals surface area contributed by atoms with Gasteiger partial charge in [-0.15, -0.1) is 0 Å². The molecule has 98 valence electrons. The van der Waals surface area contributed by atoms with Crippen LogP contribution in [0.3, 0.4) is 0 Å². The molecule has 0 spiro atoms. The van der Waals surface area contributed by atoms with Crippen LogP contribution in [0.15, 0.2) is 48.5 Å². The highest BCUT2D eigenvalue weighted by Crippen LogP contribution is 2.20. The van der Waals surface area contributed by atoms with Gasteiger partial charge in [0, 0.05) is 13.1 Å². The fourth-order valence-electron chi connectivity index (χ4n) is 2.86. The Morgan fingerprint density at radius 2 is 1.68 bits per heavy atom. The summed E-state index contributed by atoms with van der Waals surface area (Å²) in [7, 11) is 0. The Labute approximate surface area is 115 Å². The SMILES string of the molecule is Cc1ccc(CN2CCCc3ccccc3C2)cc1. The van der Waals surface area contributed by atoms with Crippen LogP contribution in [0.4, 0.5) is 0 Å². The third-order valence-electron chi connectivity index (χ3n) is 3.96. The second-order valence-corrected chi connectivity index (χ2v) is 5.57. The van der Waals surface area contributed by atoms with Gasteiger partial charge in [0.2, 0.25) is 0 Å². The van der Waals surface area contributed by atoms with Crippen LogP contribution in [-0.4, -0.2) is 11.4 Å². The summed E-state index contributed by atoms with van der Waals surface area (Å²) in [5, 5.41) is 0. The van der Waals surface area contributed by atoms with Gasteiger partial charge in [0.05, 0.1) is 0 Å². The lowest BCUT2D eigenvalue weighted by Crippen LogP contribution is -2.22. The molecule has 0 saturated heterocycles. The van der Waals surface area contributed by atoms with Crippen molar-refractivity contribution in [1.82, 2.24) is 4.90 Å². The van der Waals surface area contributed by atoms with Crippen molar-refractivity contribution in [3.8, 4) is 0 Å². The Morgan fingerprint density at radius 1 is 0.947 bits per heavy atom. The van der Waals surface area contributed by atoms with Crippen molar-refractivity contribution >= 4 is 0 Å². The third-order valence-corrected chi connectivity index (χ3v) is 3.96. The predicted octanol–water partition coefficient (Wildman–Crippen LogP) is 3.94. The van der Waals surface area contributed by atoms with Crippen molar-refractivity contribution in [1.29, 1.82) is 0 Å². The molecule has 1 heteroatoms. The molecule has 19 heavy (non-hydrogen) atoms. The van der Waals surface area contributed by atoms with E-state index in [0.717, 1.165) is 13.1 Å². The molecular weight excluding hydrogens is 230 g/mol. The number of hydrogen-bond donors (Lipinski definition) is 0. The van der Waals surface area contributed by atoms with Gasteiger partial charge in [0.1, 0.15) is 0 Å². The zero-order valence-corrected chi connectivity index (χ0v) is 11.6. The maximum atomic E-state index is 2.57. The largest absolute Gasteiger partial charge is 0.295 e. The van der Waals surface area contributed by atoms with Crippen LogP contribution in [0.5, 0.6) is 0 Å². The normalized spacial score (nSPS) is 15.8. The second kappa shape index (κ2) is 5.58. The standard InChI is InChI=1S/C18H21N/c1-15-8-10-16(11-9-15)13-19-12-4-7-17-5-2-3-6-18(17)14-19/h2-3,5-6,8-11H,4,7,12-14H2,1H3. The number of benzene rings is 2. The monoisotopic (exact) mass is 251 g/mol. The molecule has 1 nitrogen and oxygen atoms in total. The Bertz CT molecular complexity index is 542. The van der Waals surface area contributed by atoms with Crippen molar-refractivity contribution < 1.29 is 0 Å². The Kier molecular flexibility index (Phi) is 3.65. The van der Waals surface area contributed by atoms with E-state index < -0.39 is 0 Å². The molecule has 0 fully saturated rings. The molecular formula is C18H21N. The quantitative estimate of drug-likeness (QED) is 0.781. The minimum absolute atomic E-state index is 1.06. The van der Waals surface area contributed by atoms with E-state index in [1.54, 1.807) is 0 Å². The summed E-state index contributed by atoms with van der Waals surface area (Å²) in [5.41, 5.74) is 5.80. The zero-order chi connectivity index (χ0) is 13.1. The summed E-state index contributed by atoms with van der Waals surface area (Å²) in [4.78, 5) is 2.57. The molecule has 3 rings (SSSR count). The van der Waals surface area contributed by atoms with Gasteiger partial charge in [-0.3, -0.25) is 4.90 Å². The van der Waals surface area contributed by atoms with E-state index in [2.05, 4.69) is 60.4 Å². The van der Waals surface area contributed by atoms with E-state index in [1.807, 2.05) is 0 Å². The van der Waals surface area contributed by atoms with Crippen LogP contribution in [0.2, 0.25) is 0 Å². The molecule has 2 aromatic carbocycles. The fraction of sp³-hybridized carbons (Fsp3) is 0.333. The summed E-state index contributed by atoms with van der Waals surface area (Å²) in [6.07, 6.45) is 2.49. The van der Waals surface area contributed by atoms with Crippen molar-refractivity contribution in [3.63, 3.8) is 0 Å². The first kappa shape index (κ1) is 12.4. The van der Waals surface area contributed by atoms with Crippen LogP contribution in [0.1, 0.15) is 28.7 Å². The molecule has 0 unspecified atom stereocenters. The smallest absolute Gasteiger partial charge is 0.0240 e.